The molecule has 6 nitrogen and oxygen atoms in total. The molecule has 0 spiro atoms. The summed E-state index contributed by atoms with van der Waals surface area (Å²) in [7, 11) is 0. The molecule has 0 fully saturated rings. The number of esters is 1. The van der Waals surface area contributed by atoms with Crippen molar-refractivity contribution in [1.29, 1.82) is 0 Å². The van der Waals surface area contributed by atoms with Crippen molar-refractivity contribution < 1.29 is 24.5 Å². The molecule has 0 aliphatic rings. The number of unbranched alkanes of at least 4 members (excludes halogenated alkanes) is 38. The number of allylic oxidation sites excluding steroid dienone is 7. The summed E-state index contributed by atoms with van der Waals surface area (Å²) in [5, 5.41) is 23.1. The molecule has 0 heterocycles. The number of aliphatic hydroxyl groups excluding tert-OH is 2. The maximum Gasteiger partial charge on any atom is 0.305 e. The zero-order valence-electron chi connectivity index (χ0n) is 45.3. The lowest BCUT2D eigenvalue weighted by molar-refractivity contribution is -0.143. The van der Waals surface area contributed by atoms with Crippen LogP contribution in [-0.4, -0.2) is 47.4 Å². The molecule has 0 aromatic carbocycles. The Bertz CT molecular complexity index is 1150. The number of nitrogens with one attached hydrogen (secondary N) is 1. The number of carbonyl (C=O) groups is 2. The van der Waals surface area contributed by atoms with Crippen LogP contribution in [0.2, 0.25) is 0 Å². The molecule has 3 N–H and O–H groups in total. The van der Waals surface area contributed by atoms with Gasteiger partial charge in [-0.05, 0) is 89.9 Å². The molecule has 68 heavy (non-hydrogen) atoms. The lowest BCUT2D eigenvalue weighted by Crippen LogP contribution is -2.45. The molecule has 398 valence electrons. The van der Waals surface area contributed by atoms with E-state index in [0.29, 0.717) is 19.4 Å². The van der Waals surface area contributed by atoms with Crippen molar-refractivity contribution >= 4 is 11.9 Å². The molecule has 0 bridgehead atoms. The summed E-state index contributed by atoms with van der Waals surface area (Å²) >= 11 is 0. The highest BCUT2D eigenvalue weighted by Gasteiger charge is 2.18. The molecule has 0 saturated heterocycles. The number of amides is 1. The first-order valence-electron chi connectivity index (χ1n) is 29.9. The number of aliphatic hydroxyl groups is 2. The molecule has 1 amide bonds. The summed E-state index contributed by atoms with van der Waals surface area (Å²) in [6, 6.07) is -0.641. The SMILES string of the molecule is CCCCCC/C=C\C/C=C\CCCCCCCCCC(=O)OCCCCCC/C=C\CCCCCCCCCC(=O)NC(CO)C(O)/C=C/CCCCCCCCCCCCCCCCCC. The molecule has 0 radical (unpaired) electrons. The fourth-order valence-corrected chi connectivity index (χ4v) is 8.95. The van der Waals surface area contributed by atoms with Crippen molar-refractivity contribution in [1.82, 2.24) is 5.32 Å². The van der Waals surface area contributed by atoms with E-state index in [2.05, 4.69) is 55.6 Å². The fourth-order valence-electron chi connectivity index (χ4n) is 8.95. The van der Waals surface area contributed by atoms with E-state index in [1.807, 2.05) is 6.08 Å². The van der Waals surface area contributed by atoms with Gasteiger partial charge in [-0.3, -0.25) is 9.59 Å². The van der Waals surface area contributed by atoms with Crippen molar-refractivity contribution in [2.75, 3.05) is 13.2 Å². The van der Waals surface area contributed by atoms with E-state index in [1.54, 1.807) is 6.08 Å². The van der Waals surface area contributed by atoms with Crippen LogP contribution in [0, 0.1) is 0 Å². The minimum Gasteiger partial charge on any atom is -0.466 e. The number of rotatable bonds is 55. The number of hydrogen-bond acceptors (Lipinski definition) is 5. The minimum atomic E-state index is -0.856. The smallest absolute Gasteiger partial charge is 0.305 e. The van der Waals surface area contributed by atoms with Gasteiger partial charge in [0.05, 0.1) is 25.4 Å². The summed E-state index contributed by atoms with van der Waals surface area (Å²) in [5.41, 5.74) is 0. The van der Waals surface area contributed by atoms with Crippen LogP contribution in [0.3, 0.4) is 0 Å². The zero-order chi connectivity index (χ0) is 49.3. The summed E-state index contributed by atoms with van der Waals surface area (Å²) in [6.45, 7) is 4.86. The second kappa shape index (κ2) is 57.4. The fraction of sp³-hybridized carbons (Fsp3) is 0.839. The van der Waals surface area contributed by atoms with Gasteiger partial charge in [-0.1, -0.05) is 255 Å². The van der Waals surface area contributed by atoms with Gasteiger partial charge < -0.3 is 20.3 Å². The van der Waals surface area contributed by atoms with Gasteiger partial charge in [0.15, 0.2) is 0 Å². The van der Waals surface area contributed by atoms with Crippen LogP contribution in [0.25, 0.3) is 0 Å². The van der Waals surface area contributed by atoms with E-state index >= 15 is 0 Å². The molecule has 0 saturated carbocycles. The molecule has 0 aromatic rings. The van der Waals surface area contributed by atoms with Gasteiger partial charge in [0.1, 0.15) is 0 Å². The first-order valence-corrected chi connectivity index (χ1v) is 29.9. The predicted molar refractivity (Wildman–Crippen MR) is 296 cm³/mol. The highest BCUT2D eigenvalue weighted by molar-refractivity contribution is 5.76. The Kier molecular flexibility index (Phi) is 55.6. The largest absolute Gasteiger partial charge is 0.466 e. The van der Waals surface area contributed by atoms with E-state index in [9.17, 15) is 19.8 Å². The van der Waals surface area contributed by atoms with Crippen LogP contribution in [-0.2, 0) is 14.3 Å². The van der Waals surface area contributed by atoms with Crippen molar-refractivity contribution in [3.05, 3.63) is 48.6 Å². The Morgan fingerprint density at radius 3 is 1.15 bits per heavy atom. The highest BCUT2D eigenvalue weighted by atomic mass is 16.5. The summed E-state index contributed by atoms with van der Waals surface area (Å²) < 4.78 is 5.47. The van der Waals surface area contributed by atoms with Crippen LogP contribution in [0.1, 0.15) is 309 Å². The molecule has 2 unspecified atom stereocenters. The van der Waals surface area contributed by atoms with E-state index in [1.165, 1.54) is 205 Å². The number of hydrogen-bond donors (Lipinski definition) is 3. The Balaban J connectivity index is 3.51. The quantitative estimate of drug-likeness (QED) is 0.0321. The van der Waals surface area contributed by atoms with Crippen molar-refractivity contribution in [2.24, 2.45) is 0 Å². The first kappa shape index (κ1) is 65.8. The van der Waals surface area contributed by atoms with Crippen LogP contribution in [0.4, 0.5) is 0 Å². The molecule has 2 atom stereocenters. The van der Waals surface area contributed by atoms with Crippen molar-refractivity contribution in [3.63, 3.8) is 0 Å². The van der Waals surface area contributed by atoms with Gasteiger partial charge in [-0.25, -0.2) is 0 Å². The van der Waals surface area contributed by atoms with E-state index in [0.717, 1.165) is 77.0 Å². The standard InChI is InChI=1S/C62H115NO5/c1-3-5-7-9-11-13-15-17-19-21-23-26-30-34-38-42-46-50-54-60(65)59(58-64)63-61(66)55-51-47-43-39-35-31-27-25-29-33-37-41-45-49-53-57-68-62(67)56-52-48-44-40-36-32-28-24-22-20-18-16-14-12-10-8-6-4-2/h14,16,20,22,29,33,50,54,59-60,64-65H,3-13,15,17-19,21,23-28,30-32,34-49,51-53,55-58H2,1-2H3,(H,63,66)/b16-14-,22-20-,33-29-,54-50+. The van der Waals surface area contributed by atoms with Crippen LogP contribution in [0.5, 0.6) is 0 Å². The maximum absolute atomic E-state index is 12.5. The predicted octanol–water partition coefficient (Wildman–Crippen LogP) is 18.6. The summed E-state index contributed by atoms with van der Waals surface area (Å²) in [4.78, 5) is 24.5. The zero-order valence-corrected chi connectivity index (χ0v) is 45.3. The molecule has 0 aromatic heterocycles. The van der Waals surface area contributed by atoms with Crippen molar-refractivity contribution in [2.45, 2.75) is 321 Å². The Morgan fingerprint density at radius 1 is 0.412 bits per heavy atom. The third-order valence-electron chi connectivity index (χ3n) is 13.6. The number of carbonyl (C=O) groups excluding carboxylic acids is 2. The summed E-state index contributed by atoms with van der Waals surface area (Å²) in [5.74, 6) is -0.101. The lowest BCUT2D eigenvalue weighted by Gasteiger charge is -2.20. The average Bonchev–Trinajstić information content (AvgIpc) is 3.34. The molecule has 0 aliphatic heterocycles. The van der Waals surface area contributed by atoms with Gasteiger partial charge in [0.25, 0.3) is 0 Å². The molecular weight excluding hydrogens is 839 g/mol. The van der Waals surface area contributed by atoms with Gasteiger partial charge >= 0.3 is 5.97 Å². The van der Waals surface area contributed by atoms with Crippen LogP contribution < -0.4 is 5.32 Å². The van der Waals surface area contributed by atoms with Crippen molar-refractivity contribution in [3.8, 4) is 0 Å². The first-order chi connectivity index (χ1) is 33.5. The Hall–Kier alpha value is -2.18. The minimum absolute atomic E-state index is 0.0187. The van der Waals surface area contributed by atoms with E-state index in [4.69, 9.17) is 4.74 Å². The van der Waals surface area contributed by atoms with Gasteiger partial charge in [-0.2, -0.15) is 0 Å². The lowest BCUT2D eigenvalue weighted by atomic mass is 10.0. The van der Waals surface area contributed by atoms with Gasteiger partial charge in [-0.15, -0.1) is 0 Å². The van der Waals surface area contributed by atoms with Crippen LogP contribution >= 0.6 is 0 Å². The molecular formula is C62H115NO5. The van der Waals surface area contributed by atoms with E-state index in [-0.39, 0.29) is 18.5 Å². The third-order valence-corrected chi connectivity index (χ3v) is 13.6. The molecule has 0 rings (SSSR count). The molecule has 0 aliphatic carbocycles. The number of ether oxygens (including phenoxy) is 1. The average molecular weight is 955 g/mol. The topological polar surface area (TPSA) is 95.9 Å². The Morgan fingerprint density at radius 2 is 0.735 bits per heavy atom. The second-order valence-corrected chi connectivity index (χ2v) is 20.3. The summed E-state index contributed by atoms with van der Waals surface area (Å²) in [6.07, 6.45) is 72.7. The second-order valence-electron chi connectivity index (χ2n) is 20.3. The highest BCUT2D eigenvalue weighted by Crippen LogP contribution is 2.16. The van der Waals surface area contributed by atoms with E-state index < -0.39 is 12.1 Å². The monoisotopic (exact) mass is 954 g/mol. The normalized spacial score (nSPS) is 12.9. The van der Waals surface area contributed by atoms with Gasteiger partial charge in [0, 0.05) is 12.8 Å². The van der Waals surface area contributed by atoms with Gasteiger partial charge in [0.2, 0.25) is 5.91 Å². The third kappa shape index (κ3) is 53.2. The molecule has 6 heteroatoms. The Labute approximate surface area is 423 Å². The maximum atomic E-state index is 12.5. The van der Waals surface area contributed by atoms with Crippen LogP contribution in [0.15, 0.2) is 48.6 Å².